The monoisotopic (exact) mass is 834 g/mol. The fraction of sp³-hybridized carbons (Fsp3) is 0.395. The number of carbonyl (C=O) groups excluding carboxylic acids is 1. The Balaban J connectivity index is 1.26. The number of aliphatic hydroxyl groups excluding tert-OH is 1. The highest BCUT2D eigenvalue weighted by Gasteiger charge is 2.40. The average Bonchev–Trinajstić information content (AvgIpc) is 3.22. The maximum Gasteiger partial charge on any atom is 0.338 e. The molecule has 1 atom stereocenters. The molecule has 1 aliphatic heterocycles. The standard InChI is InChI=1S/C43H48Cl2N4O9/c1-4-55-41(53)43(54)12-15-49(16-13-43)14-7-17-56-36-11-6-10-34(39(36)45)33-9-5-8-31(28(33)2)26-58-38-20-37(57-25-30-18-29(21-46)22-47-23-30)32(19-35(38)44)24-48-42(3,27-50)40(51)52/h5-6,8-11,18-20,22-23,48,50,54H,4,7,12-17,24-27H2,1-3H3,(H,51,52)/t42-/m0/s1. The Kier molecular flexibility index (Phi) is 15.3. The van der Waals surface area contributed by atoms with Crippen molar-refractivity contribution in [3.63, 3.8) is 0 Å². The molecule has 4 aromatic rings. The van der Waals surface area contributed by atoms with Crippen LogP contribution in [0.4, 0.5) is 0 Å². The van der Waals surface area contributed by atoms with Crippen molar-refractivity contribution in [2.45, 2.75) is 70.9 Å². The van der Waals surface area contributed by atoms with E-state index in [0.717, 1.165) is 35.2 Å². The normalized spacial score (nSPS) is 14.9. The first-order valence-corrected chi connectivity index (χ1v) is 19.7. The average molecular weight is 836 g/mol. The smallest absolute Gasteiger partial charge is 0.338 e. The number of pyridine rings is 1. The van der Waals surface area contributed by atoms with Gasteiger partial charge in [-0.2, -0.15) is 5.26 Å². The molecule has 0 amide bonds. The van der Waals surface area contributed by atoms with Crippen LogP contribution in [0.3, 0.4) is 0 Å². The van der Waals surface area contributed by atoms with Crippen molar-refractivity contribution in [3.8, 4) is 34.4 Å². The number of nitrogens with zero attached hydrogens (tertiary/aromatic N) is 3. The number of nitrogens with one attached hydrogen (secondary N) is 1. The van der Waals surface area contributed by atoms with E-state index >= 15 is 0 Å². The second kappa shape index (κ2) is 20.2. The van der Waals surface area contributed by atoms with E-state index in [9.17, 15) is 30.2 Å². The second-order valence-electron chi connectivity index (χ2n) is 14.3. The van der Waals surface area contributed by atoms with Gasteiger partial charge >= 0.3 is 11.9 Å². The first-order chi connectivity index (χ1) is 27.8. The summed E-state index contributed by atoms with van der Waals surface area (Å²) in [4.78, 5) is 30.3. The number of carboxylic acids is 1. The number of aromatic nitrogens is 1. The first-order valence-electron chi connectivity index (χ1n) is 18.9. The quantitative estimate of drug-likeness (QED) is 0.0596. The third kappa shape index (κ3) is 11.0. The van der Waals surface area contributed by atoms with Crippen molar-refractivity contribution in [3.05, 3.63) is 105 Å². The number of ether oxygens (including phenoxy) is 4. The summed E-state index contributed by atoms with van der Waals surface area (Å²) in [5.74, 6) is -0.539. The van der Waals surface area contributed by atoms with Crippen LogP contribution in [-0.2, 0) is 34.1 Å². The molecule has 1 aromatic heterocycles. The molecule has 3 aromatic carbocycles. The van der Waals surface area contributed by atoms with Crippen LogP contribution < -0.4 is 19.5 Å². The summed E-state index contributed by atoms with van der Waals surface area (Å²) in [5, 5.41) is 43.0. The van der Waals surface area contributed by atoms with Gasteiger partial charge in [-0.3, -0.25) is 15.1 Å². The Labute approximate surface area is 348 Å². The van der Waals surface area contributed by atoms with Crippen LogP contribution in [0, 0.1) is 18.3 Å². The highest BCUT2D eigenvalue weighted by Crippen LogP contribution is 2.39. The van der Waals surface area contributed by atoms with Crippen LogP contribution >= 0.6 is 23.2 Å². The third-order valence-corrected chi connectivity index (χ3v) is 10.9. The van der Waals surface area contributed by atoms with Gasteiger partial charge in [-0.1, -0.05) is 53.5 Å². The maximum atomic E-state index is 12.1. The number of aliphatic carboxylic acids is 1. The molecule has 1 fully saturated rings. The summed E-state index contributed by atoms with van der Waals surface area (Å²) in [6, 6.07) is 18.5. The molecule has 0 unspecified atom stereocenters. The van der Waals surface area contributed by atoms with E-state index in [-0.39, 0.29) is 31.4 Å². The van der Waals surface area contributed by atoms with Gasteiger partial charge in [-0.15, -0.1) is 0 Å². The molecule has 0 aliphatic carbocycles. The summed E-state index contributed by atoms with van der Waals surface area (Å²) in [6.07, 6.45) is 4.42. The lowest BCUT2D eigenvalue weighted by molar-refractivity contribution is -0.170. The Hall–Kier alpha value is -4.94. The first kappa shape index (κ1) is 44.2. The number of halogens is 2. The largest absolute Gasteiger partial charge is 0.492 e. The Morgan fingerprint density at radius 1 is 0.983 bits per heavy atom. The van der Waals surface area contributed by atoms with Crippen LogP contribution in [0.25, 0.3) is 11.1 Å². The molecule has 58 heavy (non-hydrogen) atoms. The number of piperidine rings is 1. The maximum absolute atomic E-state index is 12.1. The molecular weight excluding hydrogens is 787 g/mol. The van der Waals surface area contributed by atoms with Gasteiger partial charge in [-0.05, 0) is 74.9 Å². The number of hydrogen-bond acceptors (Lipinski definition) is 12. The Morgan fingerprint density at radius 3 is 2.41 bits per heavy atom. The zero-order chi connectivity index (χ0) is 41.9. The zero-order valence-corrected chi connectivity index (χ0v) is 34.2. The van der Waals surface area contributed by atoms with E-state index in [1.807, 2.05) is 43.3 Å². The molecule has 0 bridgehead atoms. The molecule has 5 rings (SSSR count). The molecule has 1 saturated heterocycles. The van der Waals surface area contributed by atoms with Crippen LogP contribution in [0.5, 0.6) is 17.2 Å². The van der Waals surface area contributed by atoms with Crippen LogP contribution in [-0.4, -0.2) is 87.7 Å². The lowest BCUT2D eigenvalue weighted by Crippen LogP contribution is -2.52. The molecule has 308 valence electrons. The van der Waals surface area contributed by atoms with E-state index in [4.69, 9.17) is 42.1 Å². The lowest BCUT2D eigenvalue weighted by atomic mass is 9.91. The van der Waals surface area contributed by atoms with Gasteiger partial charge in [-0.25, -0.2) is 4.79 Å². The van der Waals surface area contributed by atoms with Crippen molar-refractivity contribution >= 4 is 35.1 Å². The van der Waals surface area contributed by atoms with Crippen molar-refractivity contribution in [1.82, 2.24) is 15.2 Å². The van der Waals surface area contributed by atoms with Crippen molar-refractivity contribution < 1.29 is 43.9 Å². The van der Waals surface area contributed by atoms with E-state index in [1.165, 1.54) is 13.1 Å². The summed E-state index contributed by atoms with van der Waals surface area (Å²) < 4.78 is 23.6. The minimum absolute atomic E-state index is 0.00205. The number of rotatable bonds is 19. The molecule has 4 N–H and O–H groups in total. The van der Waals surface area contributed by atoms with Gasteiger partial charge in [0.05, 0.1) is 35.4 Å². The van der Waals surface area contributed by atoms with Crippen molar-refractivity contribution in [2.75, 3.05) is 39.5 Å². The second-order valence-corrected chi connectivity index (χ2v) is 15.1. The number of aliphatic hydroxyl groups is 2. The van der Waals surface area contributed by atoms with E-state index in [1.54, 1.807) is 31.3 Å². The molecule has 15 heteroatoms. The van der Waals surface area contributed by atoms with Gasteiger partial charge in [0.2, 0.25) is 0 Å². The van der Waals surface area contributed by atoms with E-state index < -0.39 is 29.7 Å². The number of nitriles is 1. The van der Waals surface area contributed by atoms with Gasteiger partial charge in [0.15, 0.2) is 5.60 Å². The molecular formula is C43H48Cl2N4O9. The number of benzene rings is 3. The number of carbonyl (C=O) groups is 2. The van der Waals surface area contributed by atoms with Crippen LogP contribution in [0.15, 0.2) is 67.0 Å². The molecule has 0 spiro atoms. The lowest BCUT2D eigenvalue weighted by Gasteiger charge is -2.36. The Morgan fingerprint density at radius 2 is 1.71 bits per heavy atom. The van der Waals surface area contributed by atoms with Crippen molar-refractivity contribution in [1.29, 1.82) is 5.26 Å². The van der Waals surface area contributed by atoms with Gasteiger partial charge in [0.25, 0.3) is 0 Å². The van der Waals surface area contributed by atoms with E-state index in [0.29, 0.717) is 71.5 Å². The van der Waals surface area contributed by atoms with E-state index in [2.05, 4.69) is 21.3 Å². The summed E-state index contributed by atoms with van der Waals surface area (Å²) >= 11 is 13.7. The summed E-state index contributed by atoms with van der Waals surface area (Å²) in [7, 11) is 0. The molecule has 0 saturated carbocycles. The van der Waals surface area contributed by atoms with Crippen LogP contribution in [0.2, 0.25) is 10.0 Å². The fourth-order valence-electron chi connectivity index (χ4n) is 6.44. The Bertz CT molecular complexity index is 2120. The molecule has 0 radical (unpaired) electrons. The zero-order valence-electron chi connectivity index (χ0n) is 32.7. The molecule has 2 heterocycles. The van der Waals surface area contributed by atoms with Crippen molar-refractivity contribution in [2.24, 2.45) is 0 Å². The molecule has 1 aliphatic rings. The predicted octanol–water partition coefficient (Wildman–Crippen LogP) is 6.48. The predicted molar refractivity (Wildman–Crippen MR) is 218 cm³/mol. The highest BCUT2D eigenvalue weighted by atomic mass is 35.5. The SMILES string of the molecule is CCOC(=O)C1(O)CCN(CCCOc2cccc(-c3cccc(COc4cc(OCc5cncc(C#N)c5)c(CN[C@@](C)(CO)C(=O)O)cc4Cl)c3C)c2Cl)CC1. The van der Waals surface area contributed by atoms with Gasteiger partial charge in [0.1, 0.15) is 42.1 Å². The number of hydrogen-bond donors (Lipinski definition) is 4. The third-order valence-electron chi connectivity index (χ3n) is 10.2. The van der Waals surface area contributed by atoms with Crippen LogP contribution in [0.1, 0.15) is 60.9 Å². The number of carboxylic acid groups (broad SMARTS) is 1. The van der Waals surface area contributed by atoms with Gasteiger partial charge in [0, 0.05) is 61.3 Å². The minimum atomic E-state index is -1.61. The fourth-order valence-corrected chi connectivity index (χ4v) is 6.96. The highest BCUT2D eigenvalue weighted by molar-refractivity contribution is 6.35. The topological polar surface area (TPSA) is 184 Å². The van der Waals surface area contributed by atoms with Gasteiger partial charge < -0.3 is 39.2 Å². The summed E-state index contributed by atoms with van der Waals surface area (Å²) in [6.45, 7) is 7.23. The number of esters is 1. The molecule has 13 nitrogen and oxygen atoms in total. The summed E-state index contributed by atoms with van der Waals surface area (Å²) in [5.41, 5.74) is 2.01. The number of likely N-dealkylation sites (tertiary alicyclic amines) is 1. The minimum Gasteiger partial charge on any atom is -0.492 e.